The lowest BCUT2D eigenvalue weighted by atomic mass is 9.53. The molecule has 1 unspecified atom stereocenters. The minimum Gasteiger partial charge on any atom is -0.505 e. The van der Waals surface area contributed by atoms with E-state index in [0.717, 1.165) is 43.4 Å². The average molecular weight is 639 g/mol. The van der Waals surface area contributed by atoms with Crippen molar-refractivity contribution >= 4 is 103 Å². The number of hydrogen-bond acceptors (Lipinski definition) is 5. The van der Waals surface area contributed by atoms with Crippen LogP contribution in [0.3, 0.4) is 0 Å². The summed E-state index contributed by atoms with van der Waals surface area (Å²) >= 11 is 36.4. The summed E-state index contributed by atoms with van der Waals surface area (Å²) in [6.07, 6.45) is -2.34. The van der Waals surface area contributed by atoms with Crippen LogP contribution in [0.2, 0.25) is 0 Å². The van der Waals surface area contributed by atoms with Crippen molar-refractivity contribution in [2.24, 2.45) is 11.3 Å². The molecule has 0 spiro atoms. The minimum atomic E-state index is -3.81. The Hall–Kier alpha value is 0.519. The van der Waals surface area contributed by atoms with Crippen LogP contribution in [0.5, 0.6) is 11.5 Å². The number of halogens is 6. The lowest BCUT2D eigenvalue weighted by Gasteiger charge is -2.50. The normalized spacial score (nSPS) is 26.6. The molecule has 1 fully saturated rings. The Balaban J connectivity index is 2.10. The zero-order chi connectivity index (χ0) is 26.1. The van der Waals surface area contributed by atoms with Gasteiger partial charge in [-0.1, -0.05) is 101 Å². The standard InChI is InChI=1S/C21H27BCl6O5Si2/c1-11-6-7-14-20(2,3)8-5-9-21(14,4)15-12-10-13(32-34(23,24)25)19(33-35(26,27)28)16(22(29)30)18(12)31-17(11)15/h10-11,14,29-30H,5-9H2,1-4H3/t11?,14-,21-/m1/s1. The van der Waals surface area contributed by atoms with Gasteiger partial charge >= 0.3 is 19.6 Å². The van der Waals surface area contributed by atoms with Crippen molar-refractivity contribution in [1.29, 1.82) is 0 Å². The Kier molecular flexibility index (Phi) is 7.83. The van der Waals surface area contributed by atoms with Gasteiger partial charge in [0.05, 0.1) is 5.46 Å². The molecular weight excluding hydrogens is 612 g/mol. The van der Waals surface area contributed by atoms with Gasteiger partial charge in [-0.3, -0.25) is 0 Å². The average Bonchev–Trinajstić information content (AvgIpc) is 2.99. The van der Waals surface area contributed by atoms with Gasteiger partial charge in [-0.25, -0.2) is 0 Å². The molecule has 3 atom stereocenters. The van der Waals surface area contributed by atoms with Crippen LogP contribution >= 0.6 is 66.5 Å². The van der Waals surface area contributed by atoms with Gasteiger partial charge in [0.15, 0.2) is 5.75 Å². The Morgan fingerprint density at radius 2 is 1.63 bits per heavy atom. The van der Waals surface area contributed by atoms with Crippen LogP contribution < -0.4 is 14.3 Å². The number of fused-ring (bicyclic) bond motifs is 5. The summed E-state index contributed by atoms with van der Waals surface area (Å²) in [5.41, 5.74) is 1.08. The molecule has 1 saturated carbocycles. The fourth-order valence-electron chi connectivity index (χ4n) is 6.50. The molecule has 1 aromatic heterocycles. The van der Waals surface area contributed by atoms with E-state index in [0.29, 0.717) is 11.3 Å². The van der Waals surface area contributed by atoms with E-state index in [4.69, 9.17) is 79.7 Å². The first-order valence-electron chi connectivity index (χ1n) is 11.5. The molecule has 14 heteroatoms. The van der Waals surface area contributed by atoms with E-state index in [-0.39, 0.29) is 39.3 Å². The van der Waals surface area contributed by atoms with Crippen LogP contribution in [0.15, 0.2) is 10.5 Å². The number of rotatable bonds is 5. The second kappa shape index (κ2) is 9.61. The Labute approximate surface area is 235 Å². The quantitative estimate of drug-likeness (QED) is 0.269. The zero-order valence-electron chi connectivity index (χ0n) is 19.7. The summed E-state index contributed by atoms with van der Waals surface area (Å²) in [6, 6.07) is 1.67. The predicted octanol–water partition coefficient (Wildman–Crippen LogP) is 7.16. The van der Waals surface area contributed by atoms with Crippen LogP contribution in [-0.2, 0) is 5.41 Å². The lowest BCUT2D eigenvalue weighted by molar-refractivity contribution is 0.0504. The molecule has 2 N–H and O–H groups in total. The molecule has 5 nitrogen and oxygen atoms in total. The maximum atomic E-state index is 10.4. The molecule has 0 aliphatic heterocycles. The molecule has 1 heterocycles. The molecule has 2 aromatic rings. The highest BCUT2D eigenvalue weighted by molar-refractivity contribution is 7.62. The Morgan fingerprint density at radius 3 is 2.20 bits per heavy atom. The van der Waals surface area contributed by atoms with Crippen molar-refractivity contribution in [3.8, 4) is 11.5 Å². The van der Waals surface area contributed by atoms with Crippen LogP contribution in [0.1, 0.15) is 77.0 Å². The molecule has 0 saturated heterocycles. The monoisotopic (exact) mass is 636 g/mol. The lowest BCUT2D eigenvalue weighted by Crippen LogP contribution is -2.44. The third-order valence-corrected chi connectivity index (χ3v) is 10.1. The third-order valence-electron chi connectivity index (χ3n) is 7.80. The Bertz CT molecular complexity index is 1130. The van der Waals surface area contributed by atoms with Crippen LogP contribution in [0.4, 0.5) is 0 Å². The first kappa shape index (κ1) is 28.5. The van der Waals surface area contributed by atoms with Crippen molar-refractivity contribution in [3.63, 3.8) is 0 Å². The first-order valence-corrected chi connectivity index (χ1v) is 21.3. The maximum absolute atomic E-state index is 10.4. The van der Waals surface area contributed by atoms with Crippen LogP contribution in [-0.4, -0.2) is 29.7 Å². The molecule has 0 amide bonds. The summed E-state index contributed by atoms with van der Waals surface area (Å²) in [5.74, 6) is 1.08. The molecule has 0 bridgehead atoms. The maximum Gasteiger partial charge on any atom is 0.555 e. The van der Waals surface area contributed by atoms with Gasteiger partial charge in [0, 0.05) is 16.9 Å². The largest absolute Gasteiger partial charge is 0.555 e. The zero-order valence-corrected chi connectivity index (χ0v) is 26.3. The summed E-state index contributed by atoms with van der Waals surface area (Å²) in [4.78, 5) is 0. The van der Waals surface area contributed by atoms with E-state index in [2.05, 4.69) is 27.7 Å². The molecule has 194 valence electrons. The van der Waals surface area contributed by atoms with Crippen molar-refractivity contribution in [3.05, 3.63) is 17.4 Å². The van der Waals surface area contributed by atoms with E-state index >= 15 is 0 Å². The fraction of sp³-hybridized carbons (Fsp3) is 0.619. The number of furan rings is 1. The predicted molar refractivity (Wildman–Crippen MR) is 150 cm³/mol. The summed E-state index contributed by atoms with van der Waals surface area (Å²) in [5, 5.41) is 21.6. The second-order valence-corrected chi connectivity index (χ2v) is 25.8. The van der Waals surface area contributed by atoms with E-state index < -0.39 is 19.6 Å². The summed E-state index contributed by atoms with van der Waals surface area (Å²) in [6.45, 7) is 9.07. The third kappa shape index (κ3) is 5.49. The van der Waals surface area contributed by atoms with Gasteiger partial charge < -0.3 is 23.3 Å². The summed E-state index contributed by atoms with van der Waals surface area (Å²) in [7, 11) is -2.02. The second-order valence-electron chi connectivity index (χ2n) is 10.6. The first-order chi connectivity index (χ1) is 15.9. The number of benzene rings is 1. The summed E-state index contributed by atoms with van der Waals surface area (Å²) < 4.78 is 17.7. The minimum absolute atomic E-state index is 0.0261. The highest BCUT2D eigenvalue weighted by Crippen LogP contribution is 2.60. The van der Waals surface area contributed by atoms with E-state index in [1.807, 2.05) is 0 Å². The molecule has 4 rings (SSSR count). The van der Waals surface area contributed by atoms with Crippen LogP contribution in [0.25, 0.3) is 11.0 Å². The highest BCUT2D eigenvalue weighted by Gasteiger charge is 2.52. The molecular formula is C21H27BCl6O5Si2. The molecule has 1 aromatic carbocycles. The molecule has 0 radical (unpaired) electrons. The van der Waals surface area contributed by atoms with E-state index in [9.17, 15) is 10.0 Å². The molecule has 35 heavy (non-hydrogen) atoms. The van der Waals surface area contributed by atoms with E-state index in [1.165, 1.54) is 0 Å². The van der Waals surface area contributed by atoms with Gasteiger partial charge in [-0.15, -0.1) is 0 Å². The smallest absolute Gasteiger partial charge is 0.505 e. The van der Waals surface area contributed by atoms with Crippen LogP contribution in [0, 0.1) is 11.3 Å². The van der Waals surface area contributed by atoms with Gasteiger partial charge in [0.25, 0.3) is 0 Å². The topological polar surface area (TPSA) is 72.1 Å². The van der Waals surface area contributed by atoms with Crippen molar-refractivity contribution in [2.75, 3.05) is 0 Å². The number of hydrogen-bond donors (Lipinski definition) is 2. The van der Waals surface area contributed by atoms with Crippen molar-refractivity contribution in [2.45, 2.75) is 71.1 Å². The van der Waals surface area contributed by atoms with Gasteiger partial charge in [0.2, 0.25) is 0 Å². The van der Waals surface area contributed by atoms with Crippen molar-refractivity contribution in [1.82, 2.24) is 0 Å². The SMILES string of the molecule is CC1CC[C@@H]2C(C)(C)CCC[C@@]2(C)c2c1oc1c(B(O)O)c(O[Si](Cl)(Cl)Cl)c(O[Si](Cl)(Cl)Cl)cc21. The Morgan fingerprint density at radius 1 is 1.00 bits per heavy atom. The highest BCUT2D eigenvalue weighted by atomic mass is 35.8. The van der Waals surface area contributed by atoms with Gasteiger partial charge in [-0.2, -0.15) is 0 Å². The van der Waals surface area contributed by atoms with Crippen molar-refractivity contribution < 1.29 is 23.3 Å². The fourth-order valence-corrected chi connectivity index (χ4v) is 8.79. The molecule has 2 aliphatic rings. The van der Waals surface area contributed by atoms with Gasteiger partial charge in [0.1, 0.15) is 17.1 Å². The van der Waals surface area contributed by atoms with E-state index in [1.54, 1.807) is 6.07 Å². The van der Waals surface area contributed by atoms with Gasteiger partial charge in [-0.05, 0) is 48.5 Å². The molecule has 2 aliphatic carbocycles.